The number of halogens is 2. The van der Waals surface area contributed by atoms with Crippen LogP contribution in [0.15, 0.2) is 53.9 Å². The maximum Gasteiger partial charge on any atom is 0.257 e. The van der Waals surface area contributed by atoms with E-state index in [1.807, 2.05) is 5.38 Å². The fourth-order valence-corrected chi connectivity index (χ4v) is 3.44. The van der Waals surface area contributed by atoms with Crippen LogP contribution in [0.4, 0.5) is 4.39 Å². The van der Waals surface area contributed by atoms with Gasteiger partial charge >= 0.3 is 0 Å². The van der Waals surface area contributed by atoms with E-state index in [0.29, 0.717) is 36.2 Å². The van der Waals surface area contributed by atoms with E-state index in [1.165, 1.54) is 28.4 Å². The molecule has 3 aromatic rings. The van der Waals surface area contributed by atoms with Crippen LogP contribution >= 0.6 is 22.9 Å². The maximum atomic E-state index is 14.0. The number of aromatic nitrogens is 1. The Bertz CT molecular complexity index is 949. The molecule has 8 heteroatoms. The van der Waals surface area contributed by atoms with E-state index in [9.17, 15) is 9.18 Å². The topological polar surface area (TPSA) is 51.7 Å². The zero-order valence-electron chi connectivity index (χ0n) is 15.8. The Morgan fingerprint density at radius 3 is 2.69 bits per heavy atom. The Hall–Kier alpha value is -2.48. The summed E-state index contributed by atoms with van der Waals surface area (Å²) in [5.74, 6) is -0.245. The molecular formula is C21H20ClFN2O3S. The predicted octanol–water partition coefficient (Wildman–Crippen LogP) is 4.80. The molecule has 1 amide bonds. The lowest BCUT2D eigenvalue weighted by Gasteiger charge is -2.21. The van der Waals surface area contributed by atoms with Gasteiger partial charge in [-0.05, 0) is 36.4 Å². The number of benzene rings is 2. The number of nitrogens with zero attached hydrogens (tertiary/aromatic N) is 2. The van der Waals surface area contributed by atoms with Crippen LogP contribution in [0.2, 0.25) is 5.02 Å². The molecule has 0 N–H and O–H groups in total. The second-order valence-corrected chi connectivity index (χ2v) is 7.55. The number of hydrogen-bond donors (Lipinski definition) is 0. The van der Waals surface area contributed by atoms with Crippen molar-refractivity contribution in [2.45, 2.75) is 13.2 Å². The van der Waals surface area contributed by atoms with Crippen molar-refractivity contribution in [1.29, 1.82) is 0 Å². The lowest BCUT2D eigenvalue weighted by molar-refractivity contribution is 0.0673. The highest BCUT2D eigenvalue weighted by atomic mass is 35.5. The molecule has 1 heterocycles. The van der Waals surface area contributed by atoms with E-state index in [1.54, 1.807) is 43.5 Å². The van der Waals surface area contributed by atoms with Gasteiger partial charge in [0.05, 0.1) is 24.4 Å². The van der Waals surface area contributed by atoms with E-state index in [4.69, 9.17) is 21.1 Å². The molecule has 2 aromatic carbocycles. The van der Waals surface area contributed by atoms with Crippen molar-refractivity contribution in [2.75, 3.05) is 20.3 Å². The Balaban J connectivity index is 1.66. The van der Waals surface area contributed by atoms with Crippen LogP contribution in [0.1, 0.15) is 21.1 Å². The summed E-state index contributed by atoms with van der Waals surface area (Å²) in [5, 5.41) is 3.29. The fourth-order valence-electron chi connectivity index (χ4n) is 2.62. The molecule has 0 saturated carbocycles. The zero-order valence-corrected chi connectivity index (χ0v) is 17.4. The molecule has 0 aliphatic rings. The van der Waals surface area contributed by atoms with Gasteiger partial charge in [-0.15, -0.1) is 11.3 Å². The summed E-state index contributed by atoms with van der Waals surface area (Å²) in [7, 11) is 1.56. The Morgan fingerprint density at radius 2 is 1.97 bits per heavy atom. The van der Waals surface area contributed by atoms with Crippen LogP contribution in [0, 0.1) is 5.82 Å². The number of thiazole rings is 1. The molecule has 0 radical (unpaired) electrons. The van der Waals surface area contributed by atoms with E-state index in [-0.39, 0.29) is 12.1 Å². The summed E-state index contributed by atoms with van der Waals surface area (Å²) in [6.07, 6.45) is 0. The number of ether oxygens (including phenoxy) is 2. The van der Waals surface area contributed by atoms with Gasteiger partial charge in [0.15, 0.2) is 0 Å². The number of carbonyl (C=O) groups is 1. The quantitative estimate of drug-likeness (QED) is 0.485. The SMILES string of the molecule is COCCN(Cc1csc(COc2ccc(Cl)cc2)n1)C(=O)c1ccccc1F. The Kier molecular flexibility index (Phi) is 7.57. The van der Waals surface area contributed by atoms with Gasteiger partial charge in [0.2, 0.25) is 0 Å². The molecule has 0 atom stereocenters. The van der Waals surface area contributed by atoms with Crippen LogP contribution in [0.3, 0.4) is 0 Å². The summed E-state index contributed by atoms with van der Waals surface area (Å²) in [4.78, 5) is 18.8. The third-order valence-electron chi connectivity index (χ3n) is 4.08. The summed E-state index contributed by atoms with van der Waals surface area (Å²) in [6.45, 7) is 1.24. The van der Waals surface area contributed by atoms with Crippen LogP contribution in [0.5, 0.6) is 5.75 Å². The molecule has 29 heavy (non-hydrogen) atoms. The average Bonchev–Trinajstić information content (AvgIpc) is 3.18. The second kappa shape index (κ2) is 10.3. The minimum atomic E-state index is -0.546. The minimum Gasteiger partial charge on any atom is -0.486 e. The second-order valence-electron chi connectivity index (χ2n) is 6.17. The summed E-state index contributed by atoms with van der Waals surface area (Å²) in [5.41, 5.74) is 0.746. The fraction of sp³-hybridized carbons (Fsp3) is 0.238. The van der Waals surface area contributed by atoms with Crippen molar-refractivity contribution in [3.8, 4) is 5.75 Å². The normalized spacial score (nSPS) is 10.7. The summed E-state index contributed by atoms with van der Waals surface area (Å²) < 4.78 is 24.8. The van der Waals surface area contributed by atoms with Gasteiger partial charge in [0, 0.05) is 24.1 Å². The molecule has 0 saturated heterocycles. The molecule has 0 aliphatic heterocycles. The molecule has 0 unspecified atom stereocenters. The molecule has 3 rings (SSSR count). The number of amides is 1. The molecular weight excluding hydrogens is 415 g/mol. The first-order valence-electron chi connectivity index (χ1n) is 8.91. The van der Waals surface area contributed by atoms with Crippen LogP contribution in [-0.4, -0.2) is 36.1 Å². The average molecular weight is 435 g/mol. The van der Waals surface area contributed by atoms with E-state index in [0.717, 1.165) is 5.01 Å². The van der Waals surface area contributed by atoms with Crippen molar-refractivity contribution in [2.24, 2.45) is 0 Å². The van der Waals surface area contributed by atoms with Gasteiger partial charge in [0.1, 0.15) is 23.2 Å². The highest BCUT2D eigenvalue weighted by Crippen LogP contribution is 2.19. The van der Waals surface area contributed by atoms with Crippen LogP contribution < -0.4 is 4.74 Å². The first kappa shape index (κ1) is 21.2. The maximum absolute atomic E-state index is 14.0. The zero-order chi connectivity index (χ0) is 20.6. The van der Waals surface area contributed by atoms with Gasteiger partial charge in [-0.25, -0.2) is 9.37 Å². The van der Waals surface area contributed by atoms with Crippen molar-refractivity contribution >= 4 is 28.8 Å². The van der Waals surface area contributed by atoms with E-state index >= 15 is 0 Å². The first-order chi connectivity index (χ1) is 14.1. The Labute approximate surface area is 177 Å². The molecule has 1 aromatic heterocycles. The van der Waals surface area contributed by atoms with Crippen molar-refractivity contribution in [3.05, 3.63) is 81.0 Å². The van der Waals surface area contributed by atoms with Gasteiger partial charge in [-0.2, -0.15) is 0 Å². The molecule has 5 nitrogen and oxygen atoms in total. The number of rotatable bonds is 9. The summed E-state index contributed by atoms with van der Waals surface area (Å²) >= 11 is 7.31. The molecule has 0 aliphatic carbocycles. The van der Waals surface area contributed by atoms with Crippen LogP contribution in [-0.2, 0) is 17.9 Å². The van der Waals surface area contributed by atoms with Gasteiger partial charge in [-0.1, -0.05) is 23.7 Å². The highest BCUT2D eigenvalue weighted by Gasteiger charge is 2.20. The molecule has 0 fully saturated rings. The van der Waals surface area contributed by atoms with Gasteiger partial charge in [0.25, 0.3) is 5.91 Å². The number of methoxy groups -OCH3 is 1. The largest absolute Gasteiger partial charge is 0.486 e. The van der Waals surface area contributed by atoms with Crippen molar-refractivity contribution in [1.82, 2.24) is 9.88 Å². The highest BCUT2D eigenvalue weighted by molar-refractivity contribution is 7.09. The monoisotopic (exact) mass is 434 g/mol. The molecule has 0 spiro atoms. The van der Waals surface area contributed by atoms with Crippen LogP contribution in [0.25, 0.3) is 0 Å². The Morgan fingerprint density at radius 1 is 1.21 bits per heavy atom. The van der Waals surface area contributed by atoms with Gasteiger partial charge < -0.3 is 14.4 Å². The van der Waals surface area contributed by atoms with Gasteiger partial charge in [-0.3, -0.25) is 4.79 Å². The summed E-state index contributed by atoms with van der Waals surface area (Å²) in [6, 6.07) is 13.0. The molecule has 152 valence electrons. The lowest BCUT2D eigenvalue weighted by Crippen LogP contribution is -2.34. The lowest BCUT2D eigenvalue weighted by atomic mass is 10.2. The van der Waals surface area contributed by atoms with Crippen molar-refractivity contribution < 1.29 is 18.7 Å². The molecule has 0 bridgehead atoms. The van der Waals surface area contributed by atoms with E-state index < -0.39 is 11.7 Å². The first-order valence-corrected chi connectivity index (χ1v) is 10.2. The van der Waals surface area contributed by atoms with Crippen molar-refractivity contribution in [3.63, 3.8) is 0 Å². The minimum absolute atomic E-state index is 0.0325. The van der Waals surface area contributed by atoms with E-state index in [2.05, 4.69) is 4.98 Å². The predicted molar refractivity (Wildman–Crippen MR) is 111 cm³/mol. The number of carbonyl (C=O) groups excluding carboxylic acids is 1. The smallest absolute Gasteiger partial charge is 0.257 e. The third-order valence-corrected chi connectivity index (χ3v) is 5.21. The standard InChI is InChI=1S/C21H20ClFN2O3S/c1-27-11-10-25(21(26)18-4-2-3-5-19(18)23)12-16-14-29-20(24-16)13-28-17-8-6-15(22)7-9-17/h2-9,14H,10-13H2,1H3. The number of hydrogen-bond acceptors (Lipinski definition) is 5. The third kappa shape index (κ3) is 6.00.